The SMILES string of the molecule is CCCC1CC1NC(=O)c1cc(Cl)nc(NCC)c1. The van der Waals surface area contributed by atoms with Crippen molar-refractivity contribution in [1.29, 1.82) is 0 Å². The summed E-state index contributed by atoms with van der Waals surface area (Å²) in [4.78, 5) is 16.2. The van der Waals surface area contributed by atoms with Crippen molar-refractivity contribution in [3.63, 3.8) is 0 Å². The quantitative estimate of drug-likeness (QED) is 0.788. The summed E-state index contributed by atoms with van der Waals surface area (Å²) in [5.41, 5.74) is 0.568. The molecule has 0 spiro atoms. The molecule has 1 fully saturated rings. The Bertz CT molecular complexity index is 464. The van der Waals surface area contributed by atoms with E-state index < -0.39 is 0 Å². The second-order valence-corrected chi connectivity index (χ2v) is 5.35. The first-order valence-corrected chi connectivity index (χ1v) is 7.24. The summed E-state index contributed by atoms with van der Waals surface area (Å²) in [5.74, 6) is 1.23. The Morgan fingerprint density at radius 3 is 2.95 bits per heavy atom. The summed E-state index contributed by atoms with van der Waals surface area (Å²) in [5, 5.41) is 6.45. The second-order valence-electron chi connectivity index (χ2n) is 4.96. The third-order valence-corrected chi connectivity index (χ3v) is 3.51. The molecule has 0 saturated heterocycles. The van der Waals surface area contributed by atoms with Crippen LogP contribution in [0.25, 0.3) is 0 Å². The van der Waals surface area contributed by atoms with Crippen LogP contribution in [0.4, 0.5) is 5.82 Å². The van der Waals surface area contributed by atoms with E-state index in [-0.39, 0.29) is 5.91 Å². The van der Waals surface area contributed by atoms with Gasteiger partial charge in [0.2, 0.25) is 0 Å². The zero-order valence-electron chi connectivity index (χ0n) is 11.4. The largest absolute Gasteiger partial charge is 0.370 e. The lowest BCUT2D eigenvalue weighted by atomic mass is 10.2. The topological polar surface area (TPSA) is 54.0 Å². The fraction of sp³-hybridized carbons (Fsp3) is 0.571. The number of carbonyl (C=O) groups is 1. The number of hydrogen-bond donors (Lipinski definition) is 2. The first-order valence-electron chi connectivity index (χ1n) is 6.86. The average Bonchev–Trinajstić information content (AvgIpc) is 3.07. The molecule has 1 aromatic heterocycles. The molecule has 1 aliphatic rings. The Kier molecular flexibility index (Phi) is 4.64. The average molecular weight is 282 g/mol. The molecule has 1 amide bonds. The Hall–Kier alpha value is -1.29. The zero-order valence-corrected chi connectivity index (χ0v) is 12.1. The van der Waals surface area contributed by atoms with Crippen LogP contribution in [0.5, 0.6) is 0 Å². The van der Waals surface area contributed by atoms with Gasteiger partial charge in [0.1, 0.15) is 11.0 Å². The van der Waals surface area contributed by atoms with Crippen molar-refractivity contribution in [2.45, 2.75) is 39.2 Å². The van der Waals surface area contributed by atoms with E-state index in [2.05, 4.69) is 22.5 Å². The van der Waals surface area contributed by atoms with Gasteiger partial charge in [-0.15, -0.1) is 0 Å². The van der Waals surface area contributed by atoms with Gasteiger partial charge in [0.05, 0.1) is 0 Å². The molecule has 1 aliphatic carbocycles. The Morgan fingerprint density at radius 2 is 2.26 bits per heavy atom. The van der Waals surface area contributed by atoms with Crippen LogP contribution in [0.15, 0.2) is 12.1 Å². The van der Waals surface area contributed by atoms with Crippen molar-refractivity contribution in [2.24, 2.45) is 5.92 Å². The molecule has 5 heteroatoms. The van der Waals surface area contributed by atoms with Crippen LogP contribution in [0.1, 0.15) is 43.5 Å². The Labute approximate surface area is 118 Å². The summed E-state index contributed by atoms with van der Waals surface area (Å²) in [6.45, 7) is 4.89. The van der Waals surface area contributed by atoms with E-state index in [0.29, 0.717) is 28.5 Å². The van der Waals surface area contributed by atoms with Crippen LogP contribution in [-0.4, -0.2) is 23.5 Å². The monoisotopic (exact) mass is 281 g/mol. The molecule has 0 aromatic carbocycles. The number of hydrogen-bond acceptors (Lipinski definition) is 3. The van der Waals surface area contributed by atoms with Gasteiger partial charge in [0.25, 0.3) is 5.91 Å². The van der Waals surface area contributed by atoms with Crippen molar-refractivity contribution in [3.8, 4) is 0 Å². The zero-order chi connectivity index (χ0) is 13.8. The van der Waals surface area contributed by atoms with Crippen LogP contribution >= 0.6 is 11.6 Å². The molecule has 1 aromatic rings. The maximum Gasteiger partial charge on any atom is 0.251 e. The van der Waals surface area contributed by atoms with E-state index in [1.807, 2.05) is 6.92 Å². The molecule has 1 heterocycles. The molecular weight excluding hydrogens is 262 g/mol. The van der Waals surface area contributed by atoms with Crippen LogP contribution in [0.2, 0.25) is 5.15 Å². The smallest absolute Gasteiger partial charge is 0.251 e. The highest BCUT2D eigenvalue weighted by atomic mass is 35.5. The van der Waals surface area contributed by atoms with Gasteiger partial charge < -0.3 is 10.6 Å². The minimum Gasteiger partial charge on any atom is -0.370 e. The fourth-order valence-corrected chi connectivity index (χ4v) is 2.47. The van der Waals surface area contributed by atoms with Gasteiger partial charge in [-0.25, -0.2) is 4.98 Å². The number of nitrogens with zero attached hydrogens (tertiary/aromatic N) is 1. The molecule has 19 heavy (non-hydrogen) atoms. The molecule has 2 unspecified atom stereocenters. The number of anilines is 1. The first kappa shape index (κ1) is 14.1. The summed E-state index contributed by atoms with van der Waals surface area (Å²) < 4.78 is 0. The number of pyridine rings is 1. The van der Waals surface area contributed by atoms with Crippen molar-refractivity contribution in [3.05, 3.63) is 22.8 Å². The lowest BCUT2D eigenvalue weighted by Crippen LogP contribution is -2.27. The van der Waals surface area contributed by atoms with Gasteiger partial charge >= 0.3 is 0 Å². The first-order chi connectivity index (χ1) is 9.13. The lowest BCUT2D eigenvalue weighted by molar-refractivity contribution is 0.0948. The van der Waals surface area contributed by atoms with Crippen molar-refractivity contribution < 1.29 is 4.79 Å². The van der Waals surface area contributed by atoms with Crippen molar-refractivity contribution >= 4 is 23.3 Å². The van der Waals surface area contributed by atoms with Crippen molar-refractivity contribution in [1.82, 2.24) is 10.3 Å². The van der Waals surface area contributed by atoms with E-state index >= 15 is 0 Å². The molecule has 0 radical (unpaired) electrons. The van der Waals surface area contributed by atoms with Gasteiger partial charge in [0.15, 0.2) is 0 Å². The van der Waals surface area contributed by atoms with Gasteiger partial charge in [0, 0.05) is 18.2 Å². The molecular formula is C14H20ClN3O. The molecule has 0 aliphatic heterocycles. The van der Waals surface area contributed by atoms with E-state index in [1.165, 1.54) is 12.8 Å². The predicted molar refractivity (Wildman–Crippen MR) is 77.7 cm³/mol. The van der Waals surface area contributed by atoms with Gasteiger partial charge in [-0.3, -0.25) is 4.79 Å². The maximum atomic E-state index is 12.1. The van der Waals surface area contributed by atoms with Gasteiger partial charge in [-0.1, -0.05) is 24.9 Å². The molecule has 4 nitrogen and oxygen atoms in total. The van der Waals surface area contributed by atoms with E-state index in [9.17, 15) is 4.79 Å². The standard InChI is InChI=1S/C14H20ClN3O/c1-3-5-9-6-11(9)17-14(19)10-7-12(15)18-13(8-10)16-4-2/h7-9,11H,3-6H2,1-2H3,(H,16,18)(H,17,19). The Morgan fingerprint density at radius 1 is 1.47 bits per heavy atom. The number of rotatable bonds is 6. The Balaban J connectivity index is 1.99. The number of nitrogens with one attached hydrogen (secondary N) is 2. The van der Waals surface area contributed by atoms with Gasteiger partial charge in [-0.05, 0) is 37.8 Å². The van der Waals surface area contributed by atoms with E-state index in [1.54, 1.807) is 12.1 Å². The summed E-state index contributed by atoms with van der Waals surface area (Å²) in [6.07, 6.45) is 3.45. The number of amides is 1. The lowest BCUT2D eigenvalue weighted by Gasteiger charge is -2.08. The summed E-state index contributed by atoms with van der Waals surface area (Å²) >= 11 is 5.93. The van der Waals surface area contributed by atoms with Crippen LogP contribution in [0.3, 0.4) is 0 Å². The summed E-state index contributed by atoms with van der Waals surface area (Å²) in [7, 11) is 0. The normalized spacial score (nSPS) is 21.0. The van der Waals surface area contributed by atoms with Gasteiger partial charge in [-0.2, -0.15) is 0 Å². The molecule has 0 bridgehead atoms. The van der Waals surface area contributed by atoms with Crippen molar-refractivity contribution in [2.75, 3.05) is 11.9 Å². The minimum atomic E-state index is -0.0629. The number of aromatic nitrogens is 1. The molecule has 1 saturated carbocycles. The molecule has 104 valence electrons. The van der Waals surface area contributed by atoms with E-state index in [4.69, 9.17) is 11.6 Å². The highest BCUT2D eigenvalue weighted by Gasteiger charge is 2.37. The molecule has 2 rings (SSSR count). The second kappa shape index (κ2) is 6.24. The number of carbonyl (C=O) groups excluding carboxylic acids is 1. The third kappa shape index (κ3) is 3.83. The molecule has 2 N–H and O–H groups in total. The third-order valence-electron chi connectivity index (χ3n) is 3.31. The highest BCUT2D eigenvalue weighted by Crippen LogP contribution is 2.34. The number of halogens is 1. The highest BCUT2D eigenvalue weighted by molar-refractivity contribution is 6.29. The van der Waals surface area contributed by atoms with Crippen LogP contribution in [-0.2, 0) is 0 Å². The van der Waals surface area contributed by atoms with E-state index in [0.717, 1.165) is 13.0 Å². The fourth-order valence-electron chi connectivity index (χ4n) is 2.27. The maximum absolute atomic E-state index is 12.1. The molecule has 2 atom stereocenters. The minimum absolute atomic E-state index is 0.0629. The summed E-state index contributed by atoms with van der Waals surface area (Å²) in [6, 6.07) is 3.68. The van der Waals surface area contributed by atoms with Crippen LogP contribution < -0.4 is 10.6 Å². The van der Waals surface area contributed by atoms with Crippen LogP contribution in [0, 0.1) is 5.92 Å². The predicted octanol–water partition coefficient (Wildman–Crippen LogP) is 3.09.